The van der Waals surface area contributed by atoms with E-state index >= 15 is 0 Å². The van der Waals surface area contributed by atoms with E-state index in [0.29, 0.717) is 19.8 Å². The topological polar surface area (TPSA) is 78.9 Å². The van der Waals surface area contributed by atoms with Crippen LogP contribution in [0.3, 0.4) is 0 Å². The fourth-order valence-electron chi connectivity index (χ4n) is 4.44. The molecule has 0 radical (unpaired) electrons. The zero-order chi connectivity index (χ0) is 20.6. The lowest BCUT2D eigenvalue weighted by molar-refractivity contribution is -0.125. The van der Waals surface area contributed by atoms with Gasteiger partial charge in [-0.25, -0.2) is 0 Å². The largest absolute Gasteiger partial charge is 0.384 e. The van der Waals surface area contributed by atoms with E-state index < -0.39 is 6.10 Å². The molecular formula is C23H26N2O4. The van der Waals surface area contributed by atoms with Gasteiger partial charge in [-0.15, -0.1) is 0 Å². The Hall–Kier alpha value is -2.70. The molecule has 0 bridgehead atoms. The standard InChI is InChI=1S/C23H26N2O4/c1-15(26)22(28)25-14-23(8-10-29-11-9-23)20-13-18(6-7-21(20)25)17-4-3-5-19(12-17)24-16(2)27/h3-7,12-13,15,26H,8-11,14H2,1-2H3,(H,24,27)/t15-/m1/s1. The molecule has 0 unspecified atom stereocenters. The maximum absolute atomic E-state index is 12.6. The SMILES string of the molecule is CC(=O)Nc1cccc(-c2ccc3c(c2)C2(CCOCC2)CN3C(=O)[C@@H](C)O)c1. The first kappa shape index (κ1) is 19.6. The van der Waals surface area contributed by atoms with E-state index in [-0.39, 0.29) is 17.2 Å². The number of hydrogen-bond acceptors (Lipinski definition) is 4. The van der Waals surface area contributed by atoms with Crippen LogP contribution in [0.5, 0.6) is 0 Å². The van der Waals surface area contributed by atoms with E-state index in [1.54, 1.807) is 4.90 Å². The number of amides is 2. The van der Waals surface area contributed by atoms with Crippen molar-refractivity contribution in [1.82, 2.24) is 0 Å². The van der Waals surface area contributed by atoms with Gasteiger partial charge < -0.3 is 20.1 Å². The molecule has 29 heavy (non-hydrogen) atoms. The summed E-state index contributed by atoms with van der Waals surface area (Å²) in [7, 11) is 0. The van der Waals surface area contributed by atoms with Crippen molar-refractivity contribution in [1.29, 1.82) is 0 Å². The van der Waals surface area contributed by atoms with Gasteiger partial charge in [0.15, 0.2) is 0 Å². The zero-order valence-electron chi connectivity index (χ0n) is 16.8. The number of nitrogens with zero attached hydrogens (tertiary/aromatic N) is 1. The molecule has 2 aromatic rings. The molecule has 1 fully saturated rings. The van der Waals surface area contributed by atoms with Crippen LogP contribution in [-0.4, -0.2) is 42.8 Å². The number of hydrogen-bond donors (Lipinski definition) is 2. The molecule has 6 heteroatoms. The summed E-state index contributed by atoms with van der Waals surface area (Å²) in [5.74, 6) is -0.375. The van der Waals surface area contributed by atoms with Crippen LogP contribution in [0.1, 0.15) is 32.3 Å². The molecule has 0 aromatic heterocycles. The van der Waals surface area contributed by atoms with Crippen LogP contribution in [0.2, 0.25) is 0 Å². The smallest absolute Gasteiger partial charge is 0.255 e. The summed E-state index contributed by atoms with van der Waals surface area (Å²) in [5.41, 5.74) is 4.65. The third-order valence-electron chi connectivity index (χ3n) is 5.91. The van der Waals surface area contributed by atoms with E-state index in [2.05, 4.69) is 11.4 Å². The van der Waals surface area contributed by atoms with Crippen molar-refractivity contribution in [3.8, 4) is 11.1 Å². The van der Waals surface area contributed by atoms with Gasteiger partial charge >= 0.3 is 0 Å². The second-order valence-corrected chi connectivity index (χ2v) is 7.99. The maximum atomic E-state index is 12.6. The minimum atomic E-state index is -1.04. The predicted molar refractivity (Wildman–Crippen MR) is 112 cm³/mol. The van der Waals surface area contributed by atoms with E-state index in [0.717, 1.165) is 40.9 Å². The van der Waals surface area contributed by atoms with Crippen LogP contribution < -0.4 is 10.2 Å². The number of benzene rings is 2. The van der Waals surface area contributed by atoms with Crippen molar-refractivity contribution in [2.24, 2.45) is 0 Å². The van der Waals surface area contributed by atoms with Crippen LogP contribution >= 0.6 is 0 Å². The van der Waals surface area contributed by atoms with Crippen molar-refractivity contribution in [3.63, 3.8) is 0 Å². The van der Waals surface area contributed by atoms with Gasteiger partial charge in [-0.1, -0.05) is 18.2 Å². The van der Waals surface area contributed by atoms with Gasteiger partial charge in [0, 0.05) is 43.5 Å². The number of carbonyl (C=O) groups is 2. The Morgan fingerprint density at radius 3 is 2.55 bits per heavy atom. The van der Waals surface area contributed by atoms with Gasteiger partial charge in [-0.2, -0.15) is 0 Å². The van der Waals surface area contributed by atoms with Crippen LogP contribution in [0.4, 0.5) is 11.4 Å². The normalized spacial score (nSPS) is 18.4. The molecule has 2 N–H and O–H groups in total. The average Bonchev–Trinajstić information content (AvgIpc) is 3.01. The van der Waals surface area contributed by atoms with Crippen molar-refractivity contribution in [2.75, 3.05) is 30.0 Å². The summed E-state index contributed by atoms with van der Waals surface area (Å²) in [4.78, 5) is 25.8. The van der Waals surface area contributed by atoms with E-state index in [4.69, 9.17) is 4.74 Å². The number of aliphatic hydroxyl groups is 1. The number of rotatable bonds is 3. The summed E-state index contributed by atoms with van der Waals surface area (Å²) in [5, 5.41) is 12.7. The summed E-state index contributed by atoms with van der Waals surface area (Å²) in [6, 6.07) is 13.9. The maximum Gasteiger partial charge on any atom is 0.255 e. The van der Waals surface area contributed by atoms with Gasteiger partial charge in [-0.05, 0) is 60.7 Å². The quantitative estimate of drug-likeness (QED) is 0.839. The minimum absolute atomic E-state index is 0.107. The Morgan fingerprint density at radius 2 is 1.86 bits per heavy atom. The van der Waals surface area contributed by atoms with Gasteiger partial charge in [0.25, 0.3) is 5.91 Å². The number of ether oxygens (including phenoxy) is 1. The Morgan fingerprint density at radius 1 is 1.14 bits per heavy atom. The van der Waals surface area contributed by atoms with E-state index in [9.17, 15) is 14.7 Å². The van der Waals surface area contributed by atoms with Gasteiger partial charge in [0.05, 0.1) is 0 Å². The summed E-state index contributed by atoms with van der Waals surface area (Å²) in [6.07, 6.45) is 0.657. The van der Waals surface area contributed by atoms with E-state index in [1.807, 2.05) is 36.4 Å². The van der Waals surface area contributed by atoms with Gasteiger partial charge in [0.2, 0.25) is 5.91 Å². The molecule has 2 amide bonds. The molecule has 4 rings (SSSR count). The predicted octanol–water partition coefficient (Wildman–Crippen LogP) is 3.09. The van der Waals surface area contributed by atoms with E-state index in [1.165, 1.54) is 13.8 Å². The Balaban J connectivity index is 1.77. The Labute approximate surface area is 170 Å². The number of aliphatic hydroxyl groups excluding tert-OH is 1. The molecular weight excluding hydrogens is 368 g/mol. The van der Waals surface area contributed by atoms with Crippen molar-refractivity contribution >= 4 is 23.2 Å². The third kappa shape index (κ3) is 3.66. The van der Waals surface area contributed by atoms with Crippen molar-refractivity contribution < 1.29 is 19.4 Å². The molecule has 2 heterocycles. The minimum Gasteiger partial charge on any atom is -0.384 e. The molecule has 2 aliphatic heterocycles. The first-order valence-electron chi connectivity index (χ1n) is 9.99. The van der Waals surface area contributed by atoms with Gasteiger partial charge in [0.1, 0.15) is 6.10 Å². The Bertz CT molecular complexity index is 948. The first-order chi connectivity index (χ1) is 13.9. The lowest BCUT2D eigenvalue weighted by atomic mass is 9.75. The third-order valence-corrected chi connectivity index (χ3v) is 5.91. The molecule has 2 aromatic carbocycles. The molecule has 0 aliphatic carbocycles. The number of anilines is 2. The first-order valence-corrected chi connectivity index (χ1v) is 9.99. The summed E-state index contributed by atoms with van der Waals surface area (Å²) in [6.45, 7) is 4.91. The molecule has 1 atom stereocenters. The summed E-state index contributed by atoms with van der Waals surface area (Å²) < 4.78 is 5.59. The highest BCUT2D eigenvalue weighted by Crippen LogP contribution is 2.48. The average molecular weight is 394 g/mol. The lowest BCUT2D eigenvalue weighted by Crippen LogP contribution is -2.43. The fraction of sp³-hybridized carbons (Fsp3) is 0.391. The highest BCUT2D eigenvalue weighted by Gasteiger charge is 2.46. The molecule has 0 saturated carbocycles. The van der Waals surface area contributed by atoms with Gasteiger partial charge in [-0.3, -0.25) is 9.59 Å². The number of carbonyl (C=O) groups excluding carboxylic acids is 2. The van der Waals surface area contributed by atoms with Crippen molar-refractivity contribution in [3.05, 3.63) is 48.0 Å². The highest BCUT2D eigenvalue weighted by atomic mass is 16.5. The number of nitrogens with one attached hydrogen (secondary N) is 1. The monoisotopic (exact) mass is 394 g/mol. The second kappa shape index (κ2) is 7.61. The fourth-order valence-corrected chi connectivity index (χ4v) is 4.44. The highest BCUT2D eigenvalue weighted by molar-refractivity contribution is 5.99. The second-order valence-electron chi connectivity index (χ2n) is 7.99. The summed E-state index contributed by atoms with van der Waals surface area (Å²) >= 11 is 0. The lowest BCUT2D eigenvalue weighted by Gasteiger charge is -2.34. The number of fused-ring (bicyclic) bond motifs is 2. The van der Waals surface area contributed by atoms with Crippen LogP contribution in [-0.2, 0) is 19.7 Å². The Kier molecular flexibility index (Phi) is 5.15. The molecule has 1 saturated heterocycles. The van der Waals surface area contributed by atoms with Crippen LogP contribution in [0.15, 0.2) is 42.5 Å². The van der Waals surface area contributed by atoms with Crippen molar-refractivity contribution in [2.45, 2.75) is 38.2 Å². The molecule has 1 spiro atoms. The molecule has 6 nitrogen and oxygen atoms in total. The van der Waals surface area contributed by atoms with Crippen LogP contribution in [0.25, 0.3) is 11.1 Å². The zero-order valence-corrected chi connectivity index (χ0v) is 16.8. The molecule has 2 aliphatic rings. The molecule has 152 valence electrons. The van der Waals surface area contributed by atoms with Crippen LogP contribution in [0, 0.1) is 0 Å².